The Hall–Kier alpha value is -2.45. The van der Waals surface area contributed by atoms with Crippen molar-refractivity contribution in [2.75, 3.05) is 25.1 Å². The number of nitrogens with zero attached hydrogens (tertiary/aromatic N) is 4. The van der Waals surface area contributed by atoms with Gasteiger partial charge >= 0.3 is 0 Å². The Bertz CT molecular complexity index is 829. The molecule has 0 aliphatic carbocycles. The quantitative estimate of drug-likeness (QED) is 0.643. The zero-order valence-electron chi connectivity index (χ0n) is 16.1. The molecule has 150 valence electrons. The molecule has 2 saturated heterocycles. The van der Waals surface area contributed by atoms with E-state index in [1.54, 1.807) is 6.33 Å². The number of anilines is 1. The average molecular weight is 384 g/mol. The highest BCUT2D eigenvalue weighted by Crippen LogP contribution is 2.33. The van der Waals surface area contributed by atoms with Crippen molar-refractivity contribution in [3.05, 3.63) is 37.6 Å². The number of aromatic nitrogens is 4. The minimum Gasteiger partial charge on any atom is -0.385 e. The van der Waals surface area contributed by atoms with Crippen LogP contribution in [0.25, 0.3) is 11.2 Å². The first-order valence-corrected chi connectivity index (χ1v) is 9.94. The van der Waals surface area contributed by atoms with Crippen LogP contribution in [0.4, 0.5) is 5.82 Å². The predicted molar refractivity (Wildman–Crippen MR) is 108 cm³/mol. The van der Waals surface area contributed by atoms with Gasteiger partial charge in [0.1, 0.15) is 12.6 Å². The van der Waals surface area contributed by atoms with E-state index in [9.17, 15) is 0 Å². The van der Waals surface area contributed by atoms with E-state index in [2.05, 4.69) is 38.7 Å². The normalized spacial score (nSPS) is 24.5. The average Bonchev–Trinajstić information content (AvgIpc) is 3.45. The van der Waals surface area contributed by atoms with Crippen molar-refractivity contribution < 1.29 is 9.47 Å². The van der Waals surface area contributed by atoms with Crippen LogP contribution in [0.3, 0.4) is 0 Å². The lowest BCUT2D eigenvalue weighted by Crippen LogP contribution is -2.20. The van der Waals surface area contributed by atoms with Crippen LogP contribution in [0.2, 0.25) is 0 Å². The fourth-order valence-electron chi connectivity index (χ4n) is 3.75. The van der Waals surface area contributed by atoms with Gasteiger partial charge in [-0.25, -0.2) is 15.0 Å². The summed E-state index contributed by atoms with van der Waals surface area (Å²) in [6.45, 7) is 10.00. The largest absolute Gasteiger partial charge is 0.385 e. The zero-order valence-corrected chi connectivity index (χ0v) is 16.1. The molecule has 4 heterocycles. The summed E-state index contributed by atoms with van der Waals surface area (Å²) >= 11 is 0. The number of imidazole rings is 1. The van der Waals surface area contributed by atoms with Gasteiger partial charge in [0.25, 0.3) is 0 Å². The molecule has 2 aromatic heterocycles. The molecule has 0 spiro atoms. The zero-order chi connectivity index (χ0) is 19.3. The molecular formula is C20H28N6O2. The number of nitrogens with one attached hydrogen (secondary N) is 2. The van der Waals surface area contributed by atoms with Crippen molar-refractivity contribution in [2.45, 2.75) is 50.5 Å². The first-order valence-electron chi connectivity index (χ1n) is 9.94. The van der Waals surface area contributed by atoms with E-state index in [0.29, 0.717) is 6.61 Å². The third kappa shape index (κ3) is 4.18. The van der Waals surface area contributed by atoms with E-state index in [0.717, 1.165) is 67.9 Å². The van der Waals surface area contributed by atoms with Crippen LogP contribution in [0.5, 0.6) is 0 Å². The Morgan fingerprint density at radius 1 is 1.29 bits per heavy atom. The van der Waals surface area contributed by atoms with Gasteiger partial charge in [-0.1, -0.05) is 12.7 Å². The topological polar surface area (TPSA) is 86.1 Å². The van der Waals surface area contributed by atoms with Gasteiger partial charge in [0.15, 0.2) is 17.0 Å². The fourth-order valence-corrected chi connectivity index (χ4v) is 3.75. The van der Waals surface area contributed by atoms with Crippen molar-refractivity contribution in [1.29, 1.82) is 0 Å². The van der Waals surface area contributed by atoms with Gasteiger partial charge in [-0.05, 0) is 32.1 Å². The van der Waals surface area contributed by atoms with Crippen molar-refractivity contribution >= 4 is 17.0 Å². The summed E-state index contributed by atoms with van der Waals surface area (Å²) in [6, 6.07) is 0.276. The number of hydrogen-bond acceptors (Lipinski definition) is 7. The van der Waals surface area contributed by atoms with Crippen molar-refractivity contribution in [2.24, 2.45) is 0 Å². The van der Waals surface area contributed by atoms with Gasteiger partial charge in [-0.3, -0.25) is 4.57 Å². The number of allylic oxidation sites excluding steroid dienone is 1. The Kier molecular flexibility index (Phi) is 5.87. The molecule has 0 amide bonds. The van der Waals surface area contributed by atoms with Crippen LogP contribution in [0.15, 0.2) is 37.6 Å². The fraction of sp³-hybridized carbons (Fsp3) is 0.550. The van der Waals surface area contributed by atoms with Crippen molar-refractivity contribution in [3.8, 4) is 0 Å². The first-order chi connectivity index (χ1) is 13.7. The van der Waals surface area contributed by atoms with Gasteiger partial charge in [0.05, 0.1) is 25.1 Å². The van der Waals surface area contributed by atoms with Crippen LogP contribution in [0.1, 0.15) is 38.3 Å². The van der Waals surface area contributed by atoms with Crippen LogP contribution < -0.4 is 10.6 Å². The van der Waals surface area contributed by atoms with E-state index < -0.39 is 0 Å². The number of rotatable bonds is 9. The summed E-state index contributed by atoms with van der Waals surface area (Å²) in [5.41, 5.74) is 2.61. The Morgan fingerprint density at radius 2 is 2.21 bits per heavy atom. The van der Waals surface area contributed by atoms with Gasteiger partial charge in [-0.15, -0.1) is 6.58 Å². The Balaban J connectivity index is 1.39. The third-order valence-electron chi connectivity index (χ3n) is 5.29. The van der Waals surface area contributed by atoms with Crippen LogP contribution >= 0.6 is 0 Å². The van der Waals surface area contributed by atoms with Gasteiger partial charge in [0, 0.05) is 18.8 Å². The third-order valence-corrected chi connectivity index (χ3v) is 5.29. The molecular weight excluding hydrogens is 356 g/mol. The van der Waals surface area contributed by atoms with E-state index in [1.165, 1.54) is 0 Å². The summed E-state index contributed by atoms with van der Waals surface area (Å²) in [7, 11) is 0. The van der Waals surface area contributed by atoms with Crippen LogP contribution in [-0.4, -0.2) is 51.4 Å². The standard InChI is InChI=1S/C20H28N6O2/c1-3-9-21-14(2)4-5-16-6-7-17(28-16)26-13-24-18-19(22-12-23-20(18)26)25-15-8-10-27-11-15/h3,12-13,15-17,21H,1-2,4-11H2,(H,22,23,25)/t15-,16-,17?/m1/s1. The lowest BCUT2D eigenvalue weighted by Gasteiger charge is -2.16. The summed E-state index contributed by atoms with van der Waals surface area (Å²) < 4.78 is 13.7. The lowest BCUT2D eigenvalue weighted by atomic mass is 10.1. The predicted octanol–water partition coefficient (Wildman–Crippen LogP) is 2.77. The second-order valence-electron chi connectivity index (χ2n) is 7.35. The molecule has 8 heteroatoms. The first kappa shape index (κ1) is 18.9. The van der Waals surface area contributed by atoms with Gasteiger partial charge in [0.2, 0.25) is 0 Å². The summed E-state index contributed by atoms with van der Waals surface area (Å²) in [5, 5.41) is 6.67. The van der Waals surface area contributed by atoms with Gasteiger partial charge in [-0.2, -0.15) is 0 Å². The highest BCUT2D eigenvalue weighted by atomic mass is 16.5. The van der Waals surface area contributed by atoms with Crippen molar-refractivity contribution in [3.63, 3.8) is 0 Å². The second kappa shape index (κ2) is 8.70. The molecule has 8 nitrogen and oxygen atoms in total. The Labute approximate surface area is 165 Å². The monoisotopic (exact) mass is 384 g/mol. The minimum absolute atomic E-state index is 0.0398. The van der Waals surface area contributed by atoms with E-state index in [4.69, 9.17) is 9.47 Å². The highest BCUT2D eigenvalue weighted by molar-refractivity contribution is 5.82. The van der Waals surface area contributed by atoms with Gasteiger partial charge < -0.3 is 20.1 Å². The molecule has 2 aliphatic rings. The maximum absolute atomic E-state index is 6.28. The molecule has 1 unspecified atom stereocenters. The molecule has 4 rings (SSSR count). The summed E-state index contributed by atoms with van der Waals surface area (Å²) in [4.78, 5) is 13.4. The molecule has 0 saturated carbocycles. The molecule has 0 bridgehead atoms. The molecule has 0 radical (unpaired) electrons. The smallest absolute Gasteiger partial charge is 0.167 e. The second-order valence-corrected chi connectivity index (χ2v) is 7.35. The maximum atomic E-state index is 6.28. The number of hydrogen-bond donors (Lipinski definition) is 2. The number of fused-ring (bicyclic) bond motifs is 1. The summed E-state index contributed by atoms with van der Waals surface area (Å²) in [6.07, 6.45) is 10.2. The van der Waals surface area contributed by atoms with E-state index in [1.807, 2.05) is 17.0 Å². The van der Waals surface area contributed by atoms with Crippen LogP contribution in [0, 0.1) is 0 Å². The lowest BCUT2D eigenvalue weighted by molar-refractivity contribution is 0.000759. The Morgan fingerprint density at radius 3 is 3.04 bits per heavy atom. The molecule has 2 fully saturated rings. The molecule has 2 N–H and O–H groups in total. The SMILES string of the molecule is C=CCNC(=C)CC[C@@H]1CCC(n2cnc3c(N[C@@H]4CCOC4)ncnc32)O1. The minimum atomic E-state index is -0.0398. The molecule has 28 heavy (non-hydrogen) atoms. The molecule has 2 aromatic rings. The molecule has 3 atom stereocenters. The van der Waals surface area contributed by atoms with Crippen LogP contribution in [-0.2, 0) is 9.47 Å². The maximum Gasteiger partial charge on any atom is 0.167 e. The van der Waals surface area contributed by atoms with E-state index in [-0.39, 0.29) is 18.4 Å². The molecule has 2 aliphatic heterocycles. The summed E-state index contributed by atoms with van der Waals surface area (Å²) in [5.74, 6) is 0.762. The highest BCUT2D eigenvalue weighted by Gasteiger charge is 2.28. The molecule has 0 aromatic carbocycles. The number of ether oxygens (including phenoxy) is 2. The van der Waals surface area contributed by atoms with Crippen molar-refractivity contribution in [1.82, 2.24) is 24.8 Å². The van der Waals surface area contributed by atoms with E-state index >= 15 is 0 Å².